The summed E-state index contributed by atoms with van der Waals surface area (Å²) in [6.45, 7) is 0.472. The van der Waals surface area contributed by atoms with Gasteiger partial charge in [-0.05, 0) is 40.0 Å². The zero-order chi connectivity index (χ0) is 14.3. The molecule has 102 valence electrons. The second-order valence-electron chi connectivity index (χ2n) is 4.40. The molecule has 0 aliphatic carbocycles. The number of hydrogen-bond acceptors (Lipinski definition) is 4. The molecule has 0 radical (unpaired) electrons. The molecule has 1 amide bonds. The fourth-order valence-electron chi connectivity index (χ4n) is 2.23. The second-order valence-corrected chi connectivity index (χ2v) is 5.26. The zero-order valence-corrected chi connectivity index (χ0v) is 11.9. The van der Waals surface area contributed by atoms with Crippen molar-refractivity contribution >= 4 is 33.3 Å². The first-order chi connectivity index (χ1) is 9.58. The smallest absolute Gasteiger partial charge is 0.260 e. The maximum Gasteiger partial charge on any atom is 0.260 e. The zero-order valence-electron chi connectivity index (χ0n) is 10.3. The summed E-state index contributed by atoms with van der Waals surface area (Å²) >= 11 is 3.06. The van der Waals surface area contributed by atoms with E-state index in [0.29, 0.717) is 24.2 Å². The van der Waals surface area contributed by atoms with Gasteiger partial charge < -0.3 is 10.6 Å². The van der Waals surface area contributed by atoms with Gasteiger partial charge in [-0.3, -0.25) is 9.78 Å². The number of nitrogens with two attached hydrogens (primary N) is 1. The predicted molar refractivity (Wildman–Crippen MR) is 75.9 cm³/mol. The molecule has 0 fully saturated rings. The van der Waals surface area contributed by atoms with E-state index in [0.717, 1.165) is 5.56 Å². The van der Waals surface area contributed by atoms with E-state index in [4.69, 9.17) is 5.73 Å². The fraction of sp³-hybridized carbons (Fsp3) is 0.154. The number of amides is 1. The summed E-state index contributed by atoms with van der Waals surface area (Å²) in [7, 11) is 0. The van der Waals surface area contributed by atoms with Crippen LogP contribution in [0, 0.1) is 5.95 Å². The Morgan fingerprint density at radius 1 is 1.45 bits per heavy atom. The van der Waals surface area contributed by atoms with Gasteiger partial charge in [0, 0.05) is 18.9 Å². The lowest BCUT2D eigenvalue weighted by Gasteiger charge is -2.28. The summed E-state index contributed by atoms with van der Waals surface area (Å²) in [5.41, 5.74) is 7.62. The van der Waals surface area contributed by atoms with Crippen LogP contribution in [0.3, 0.4) is 0 Å². The molecule has 1 aliphatic heterocycles. The molecule has 0 unspecified atom stereocenters. The summed E-state index contributed by atoms with van der Waals surface area (Å²) in [6, 6.07) is 3.30. The van der Waals surface area contributed by atoms with E-state index >= 15 is 0 Å². The molecule has 0 saturated heterocycles. The number of pyridine rings is 2. The number of anilines is 2. The van der Waals surface area contributed by atoms with Crippen LogP contribution < -0.4 is 10.6 Å². The minimum absolute atomic E-state index is 0.00797. The Bertz CT molecular complexity index is 707. The maximum absolute atomic E-state index is 13.3. The molecule has 3 rings (SSSR count). The van der Waals surface area contributed by atoms with E-state index in [2.05, 4.69) is 25.9 Å². The van der Waals surface area contributed by atoms with Crippen molar-refractivity contribution in [3.8, 4) is 0 Å². The number of hydrogen-bond donors (Lipinski definition) is 1. The lowest BCUT2D eigenvalue weighted by atomic mass is 10.0. The topological polar surface area (TPSA) is 72.1 Å². The first kappa shape index (κ1) is 13.0. The van der Waals surface area contributed by atoms with Gasteiger partial charge in [0.2, 0.25) is 5.95 Å². The van der Waals surface area contributed by atoms with Crippen molar-refractivity contribution in [2.75, 3.05) is 17.2 Å². The van der Waals surface area contributed by atoms with Gasteiger partial charge in [0.1, 0.15) is 0 Å². The van der Waals surface area contributed by atoms with Crippen molar-refractivity contribution in [3.05, 3.63) is 46.1 Å². The third-order valence-electron chi connectivity index (χ3n) is 3.22. The summed E-state index contributed by atoms with van der Waals surface area (Å²) in [5.74, 6) is -0.907. The van der Waals surface area contributed by atoms with Crippen LogP contribution in [0.4, 0.5) is 15.9 Å². The molecule has 7 heteroatoms. The van der Waals surface area contributed by atoms with Gasteiger partial charge >= 0.3 is 0 Å². The standard InChI is InChI=1S/C13H10BrFN4O/c14-9-5-10(12(16)18-11(9)15)19-4-2-7-1-3-17-6-8(7)13(19)20/h1,3,5-6H,2,4H2,(H2,16,18). The number of aromatic nitrogens is 2. The molecule has 5 nitrogen and oxygen atoms in total. The number of carbonyl (C=O) groups is 1. The van der Waals surface area contributed by atoms with E-state index in [1.807, 2.05) is 6.07 Å². The average Bonchev–Trinajstić information content (AvgIpc) is 2.44. The molecule has 0 atom stereocenters. The van der Waals surface area contributed by atoms with Gasteiger partial charge in [-0.2, -0.15) is 9.37 Å². The second kappa shape index (κ2) is 4.82. The minimum Gasteiger partial charge on any atom is -0.382 e. The third kappa shape index (κ3) is 2.03. The summed E-state index contributed by atoms with van der Waals surface area (Å²) < 4.78 is 13.5. The SMILES string of the molecule is Nc1nc(F)c(Br)cc1N1CCc2ccncc2C1=O. The van der Waals surface area contributed by atoms with Crippen LogP contribution >= 0.6 is 15.9 Å². The highest BCUT2D eigenvalue weighted by molar-refractivity contribution is 9.10. The van der Waals surface area contributed by atoms with Crippen LogP contribution in [0.15, 0.2) is 29.0 Å². The van der Waals surface area contributed by atoms with Crippen molar-refractivity contribution in [2.45, 2.75) is 6.42 Å². The molecule has 2 N–H and O–H groups in total. The first-order valence-electron chi connectivity index (χ1n) is 5.94. The summed E-state index contributed by atoms with van der Waals surface area (Å²) in [5, 5.41) is 0. The van der Waals surface area contributed by atoms with Crippen molar-refractivity contribution < 1.29 is 9.18 Å². The molecule has 3 heterocycles. The van der Waals surface area contributed by atoms with Gasteiger partial charge in [-0.25, -0.2) is 0 Å². The number of carbonyl (C=O) groups excluding carboxylic acids is 1. The van der Waals surface area contributed by atoms with Crippen LogP contribution in [0.5, 0.6) is 0 Å². The Morgan fingerprint density at radius 2 is 2.25 bits per heavy atom. The molecule has 0 bridgehead atoms. The van der Waals surface area contributed by atoms with E-state index in [9.17, 15) is 9.18 Å². The van der Waals surface area contributed by atoms with Crippen LogP contribution in [0.2, 0.25) is 0 Å². The van der Waals surface area contributed by atoms with Gasteiger partial charge in [-0.1, -0.05) is 0 Å². The van der Waals surface area contributed by atoms with Crippen LogP contribution in [0.25, 0.3) is 0 Å². The lowest BCUT2D eigenvalue weighted by Crippen LogP contribution is -2.38. The van der Waals surface area contributed by atoms with Gasteiger partial charge in [0.05, 0.1) is 15.7 Å². The Balaban J connectivity index is 2.05. The molecule has 1 aliphatic rings. The van der Waals surface area contributed by atoms with Crippen LogP contribution in [-0.4, -0.2) is 22.4 Å². The highest BCUT2D eigenvalue weighted by Crippen LogP contribution is 2.30. The minimum atomic E-state index is -0.697. The molecular formula is C13H10BrFN4O. The monoisotopic (exact) mass is 336 g/mol. The van der Waals surface area contributed by atoms with Crippen LogP contribution in [0.1, 0.15) is 15.9 Å². The maximum atomic E-state index is 13.3. The number of nitrogens with zero attached hydrogens (tertiary/aromatic N) is 3. The first-order valence-corrected chi connectivity index (χ1v) is 6.73. The van der Waals surface area contributed by atoms with Crippen LogP contribution in [-0.2, 0) is 6.42 Å². The highest BCUT2D eigenvalue weighted by Gasteiger charge is 2.27. The van der Waals surface area contributed by atoms with E-state index in [1.54, 1.807) is 6.20 Å². The molecule has 0 aromatic carbocycles. The van der Waals surface area contributed by atoms with E-state index < -0.39 is 5.95 Å². The quantitative estimate of drug-likeness (QED) is 0.810. The van der Waals surface area contributed by atoms with E-state index in [1.165, 1.54) is 17.2 Å². The van der Waals surface area contributed by atoms with Crippen molar-refractivity contribution in [3.63, 3.8) is 0 Å². The van der Waals surface area contributed by atoms with Gasteiger partial charge in [0.25, 0.3) is 5.91 Å². The van der Waals surface area contributed by atoms with Gasteiger partial charge in [0.15, 0.2) is 5.82 Å². The summed E-state index contributed by atoms with van der Waals surface area (Å²) in [6.07, 6.45) is 3.89. The number of halogens is 2. The fourth-order valence-corrected chi connectivity index (χ4v) is 2.53. The Morgan fingerprint density at radius 3 is 3.05 bits per heavy atom. The Labute approximate surface area is 122 Å². The number of fused-ring (bicyclic) bond motifs is 1. The lowest BCUT2D eigenvalue weighted by molar-refractivity contribution is 0.0980. The predicted octanol–water partition coefficient (Wildman–Crippen LogP) is 2.16. The molecule has 0 spiro atoms. The third-order valence-corrected chi connectivity index (χ3v) is 3.78. The van der Waals surface area contributed by atoms with Crippen molar-refractivity contribution in [1.82, 2.24) is 9.97 Å². The molecule has 20 heavy (non-hydrogen) atoms. The average molecular weight is 337 g/mol. The molecular weight excluding hydrogens is 327 g/mol. The Hall–Kier alpha value is -2.02. The molecule has 2 aromatic rings. The van der Waals surface area contributed by atoms with E-state index in [-0.39, 0.29) is 16.2 Å². The molecule has 2 aromatic heterocycles. The normalized spacial score (nSPS) is 14.3. The highest BCUT2D eigenvalue weighted by atomic mass is 79.9. The Kier molecular flexibility index (Phi) is 3.13. The van der Waals surface area contributed by atoms with Gasteiger partial charge in [-0.15, -0.1) is 0 Å². The molecule has 0 saturated carbocycles. The van der Waals surface area contributed by atoms with Crippen molar-refractivity contribution in [2.24, 2.45) is 0 Å². The largest absolute Gasteiger partial charge is 0.382 e. The summed E-state index contributed by atoms with van der Waals surface area (Å²) in [4.78, 5) is 21.5. The van der Waals surface area contributed by atoms with Crippen molar-refractivity contribution in [1.29, 1.82) is 0 Å². The number of nitrogen functional groups attached to an aromatic ring is 1. The number of rotatable bonds is 1.